The number of aromatic nitrogens is 1. The van der Waals surface area contributed by atoms with Crippen LogP contribution in [0.2, 0.25) is 0 Å². The van der Waals surface area contributed by atoms with Crippen molar-refractivity contribution in [1.29, 1.82) is 0 Å². The first-order chi connectivity index (χ1) is 6.20. The molecule has 1 aromatic heterocycles. The molecule has 0 unspecified atom stereocenters. The lowest BCUT2D eigenvalue weighted by molar-refractivity contribution is 0.644. The third kappa shape index (κ3) is 3.29. The molecule has 1 rings (SSSR count). The highest BCUT2D eigenvalue weighted by Crippen LogP contribution is 1.99. The average Bonchev–Trinajstić information content (AvgIpc) is 2.15. The van der Waals surface area contributed by atoms with E-state index in [1.54, 1.807) is 18.7 Å². The molecule has 0 N–H and O–H groups in total. The molecule has 0 amide bonds. The van der Waals surface area contributed by atoms with Gasteiger partial charge in [-0.15, -0.1) is 0 Å². The van der Waals surface area contributed by atoms with Gasteiger partial charge >= 0.3 is 0 Å². The van der Waals surface area contributed by atoms with Crippen molar-refractivity contribution in [3.63, 3.8) is 0 Å². The van der Waals surface area contributed by atoms with Crippen molar-refractivity contribution >= 4 is 23.5 Å². The zero-order chi connectivity index (χ0) is 9.68. The van der Waals surface area contributed by atoms with E-state index in [-0.39, 0.29) is 0 Å². The summed E-state index contributed by atoms with van der Waals surface area (Å²) in [5, 5.41) is 0. The van der Waals surface area contributed by atoms with Crippen LogP contribution in [0.5, 0.6) is 0 Å². The first-order valence-corrected chi connectivity index (χ1v) is 4.26. The molecule has 0 bridgehead atoms. The monoisotopic (exact) mass is 193 g/mol. The summed E-state index contributed by atoms with van der Waals surface area (Å²) < 4.78 is 0. The van der Waals surface area contributed by atoms with Crippen molar-refractivity contribution in [3.05, 3.63) is 30.1 Å². The third-order valence-corrected chi connectivity index (χ3v) is 1.66. The van der Waals surface area contributed by atoms with Crippen LogP contribution in [0.1, 0.15) is 5.56 Å². The molecule has 0 aliphatic carbocycles. The predicted molar refractivity (Wildman–Crippen MR) is 58.1 cm³/mol. The summed E-state index contributed by atoms with van der Waals surface area (Å²) in [6, 6.07) is 3.73. The van der Waals surface area contributed by atoms with Crippen LogP contribution in [0.3, 0.4) is 0 Å². The van der Waals surface area contributed by atoms with Crippen LogP contribution in [0.25, 0.3) is 0 Å². The van der Waals surface area contributed by atoms with Gasteiger partial charge in [-0.3, -0.25) is 4.98 Å². The molecule has 68 valence electrons. The van der Waals surface area contributed by atoms with Crippen LogP contribution in [0.15, 0.2) is 29.5 Å². The molecule has 4 heteroatoms. The fraction of sp³-hybridized carbons (Fsp3) is 0.222. The molecule has 0 aliphatic heterocycles. The Bertz CT molecular complexity index is 306. The summed E-state index contributed by atoms with van der Waals surface area (Å²) in [5.74, 6) is 0. The first kappa shape index (κ1) is 9.80. The molecule has 0 radical (unpaired) electrons. The highest BCUT2D eigenvalue weighted by atomic mass is 32.1. The van der Waals surface area contributed by atoms with E-state index in [0.717, 1.165) is 5.56 Å². The summed E-state index contributed by atoms with van der Waals surface area (Å²) in [4.78, 5) is 10.4. The molecule has 0 saturated heterocycles. The molecule has 1 aromatic rings. The molecule has 3 nitrogen and oxygen atoms in total. The van der Waals surface area contributed by atoms with Gasteiger partial charge in [-0.2, -0.15) is 0 Å². The van der Waals surface area contributed by atoms with Gasteiger partial charge in [0.05, 0.1) is 6.34 Å². The van der Waals surface area contributed by atoms with Crippen LogP contribution in [-0.2, 0) is 0 Å². The third-order valence-electron chi connectivity index (χ3n) is 1.31. The van der Waals surface area contributed by atoms with Gasteiger partial charge in [-0.05, 0) is 12.1 Å². The van der Waals surface area contributed by atoms with Crippen LogP contribution in [0.4, 0.5) is 0 Å². The van der Waals surface area contributed by atoms with Gasteiger partial charge in [-0.1, -0.05) is 12.2 Å². The van der Waals surface area contributed by atoms with Crippen molar-refractivity contribution in [2.24, 2.45) is 4.99 Å². The van der Waals surface area contributed by atoms with E-state index in [2.05, 4.69) is 9.98 Å². The average molecular weight is 193 g/mol. The second-order valence-corrected chi connectivity index (χ2v) is 3.14. The number of aliphatic imine (C=N–C) groups is 1. The lowest BCUT2D eigenvalue weighted by Gasteiger charge is -2.02. The number of hydrogen-bond acceptors (Lipinski definition) is 2. The molecule has 0 saturated carbocycles. The Morgan fingerprint density at radius 2 is 2.38 bits per heavy atom. The maximum atomic E-state index is 5.07. The SMILES string of the molecule is CN(C)C=NC(=S)c1cccnc1. The fourth-order valence-electron chi connectivity index (χ4n) is 0.732. The number of thiocarbonyl (C=S) groups is 1. The Hall–Kier alpha value is -1.29. The highest BCUT2D eigenvalue weighted by Gasteiger charge is 1.96. The molecule has 0 aliphatic rings. The summed E-state index contributed by atoms with van der Waals surface area (Å²) in [6.07, 6.45) is 5.09. The number of hydrogen-bond donors (Lipinski definition) is 0. The molecule has 0 spiro atoms. The predicted octanol–water partition coefficient (Wildman–Crippen LogP) is 1.35. The zero-order valence-corrected chi connectivity index (χ0v) is 8.45. The minimum Gasteiger partial charge on any atom is -0.369 e. The summed E-state index contributed by atoms with van der Waals surface area (Å²) in [6.45, 7) is 0. The number of nitrogens with zero attached hydrogens (tertiary/aromatic N) is 3. The standard InChI is InChI=1S/C9H11N3S/c1-12(2)7-11-9(13)8-4-3-5-10-6-8/h3-7H,1-2H3. The second kappa shape index (κ2) is 4.67. The van der Waals surface area contributed by atoms with E-state index >= 15 is 0 Å². The lowest BCUT2D eigenvalue weighted by atomic mass is 10.3. The minimum absolute atomic E-state index is 0.557. The molecule has 13 heavy (non-hydrogen) atoms. The second-order valence-electron chi connectivity index (χ2n) is 2.76. The van der Waals surface area contributed by atoms with Crippen LogP contribution < -0.4 is 0 Å². The van der Waals surface area contributed by atoms with Gasteiger partial charge < -0.3 is 4.90 Å². The molecular formula is C9H11N3S. The molecule has 0 fully saturated rings. The largest absolute Gasteiger partial charge is 0.369 e. The molecule has 0 aromatic carbocycles. The highest BCUT2D eigenvalue weighted by molar-refractivity contribution is 7.80. The minimum atomic E-state index is 0.557. The maximum Gasteiger partial charge on any atom is 0.136 e. The van der Waals surface area contributed by atoms with Crippen molar-refractivity contribution in [1.82, 2.24) is 9.88 Å². The summed E-state index contributed by atoms with van der Waals surface area (Å²) in [7, 11) is 3.80. The van der Waals surface area contributed by atoms with Crippen LogP contribution in [0, 0.1) is 0 Å². The van der Waals surface area contributed by atoms with Crippen LogP contribution in [-0.4, -0.2) is 35.3 Å². The van der Waals surface area contributed by atoms with E-state index in [0.29, 0.717) is 4.99 Å². The van der Waals surface area contributed by atoms with Gasteiger partial charge in [0.1, 0.15) is 4.99 Å². The normalized spacial score (nSPS) is 10.3. The van der Waals surface area contributed by atoms with E-state index in [1.165, 1.54) is 0 Å². The Morgan fingerprint density at radius 3 is 2.92 bits per heavy atom. The van der Waals surface area contributed by atoms with Gasteiger partial charge in [0.25, 0.3) is 0 Å². The number of pyridine rings is 1. The van der Waals surface area contributed by atoms with Gasteiger partial charge in [0.15, 0.2) is 0 Å². The van der Waals surface area contributed by atoms with E-state index in [1.807, 2.05) is 31.1 Å². The van der Waals surface area contributed by atoms with Crippen molar-refractivity contribution < 1.29 is 0 Å². The van der Waals surface area contributed by atoms with Crippen molar-refractivity contribution in [2.45, 2.75) is 0 Å². The van der Waals surface area contributed by atoms with E-state index in [9.17, 15) is 0 Å². The zero-order valence-electron chi connectivity index (χ0n) is 7.64. The maximum absolute atomic E-state index is 5.07. The first-order valence-electron chi connectivity index (χ1n) is 3.85. The Kier molecular flexibility index (Phi) is 3.52. The summed E-state index contributed by atoms with van der Waals surface area (Å²) >= 11 is 5.07. The van der Waals surface area contributed by atoms with E-state index < -0.39 is 0 Å². The Morgan fingerprint density at radius 1 is 1.62 bits per heavy atom. The van der Waals surface area contributed by atoms with Crippen molar-refractivity contribution in [2.75, 3.05) is 14.1 Å². The van der Waals surface area contributed by atoms with Gasteiger partial charge in [-0.25, -0.2) is 4.99 Å². The topological polar surface area (TPSA) is 28.5 Å². The molecule has 0 atom stereocenters. The number of rotatable bonds is 2. The Labute approximate surface area is 83.1 Å². The quantitative estimate of drug-likeness (QED) is 0.403. The smallest absolute Gasteiger partial charge is 0.136 e. The van der Waals surface area contributed by atoms with Crippen LogP contribution >= 0.6 is 12.2 Å². The molecular weight excluding hydrogens is 182 g/mol. The summed E-state index contributed by atoms with van der Waals surface area (Å²) in [5.41, 5.74) is 0.871. The fourth-order valence-corrected chi connectivity index (χ4v) is 0.900. The van der Waals surface area contributed by atoms with E-state index in [4.69, 9.17) is 12.2 Å². The van der Waals surface area contributed by atoms with Gasteiger partial charge in [0, 0.05) is 32.1 Å². The van der Waals surface area contributed by atoms with Crippen molar-refractivity contribution in [3.8, 4) is 0 Å². The molecule has 1 heterocycles. The Balaban J connectivity index is 2.70. The van der Waals surface area contributed by atoms with Gasteiger partial charge in [0.2, 0.25) is 0 Å². The lowest BCUT2D eigenvalue weighted by Crippen LogP contribution is -2.09.